The first-order valence-electron chi connectivity index (χ1n) is 8.11. The maximum Gasteiger partial charge on any atom is 0.255 e. The van der Waals surface area contributed by atoms with E-state index in [-0.39, 0.29) is 29.4 Å². The topological polar surface area (TPSA) is 147 Å². The van der Waals surface area contributed by atoms with Gasteiger partial charge in [0, 0.05) is 24.8 Å². The molecule has 0 saturated heterocycles. The molecule has 0 saturated carbocycles. The number of carbonyl (C=O) groups excluding carboxylic acids is 1. The number of nitrogens with zero attached hydrogens (tertiary/aromatic N) is 1. The fraction of sp³-hybridized carbons (Fsp3) is 0.235. The van der Waals surface area contributed by atoms with Crippen molar-refractivity contribution in [2.24, 2.45) is 5.14 Å². The normalized spacial score (nSPS) is 12.1. The zero-order valence-corrected chi connectivity index (χ0v) is 16.7. The Balaban J connectivity index is 2.09. The van der Waals surface area contributed by atoms with Crippen LogP contribution in [0.2, 0.25) is 0 Å². The summed E-state index contributed by atoms with van der Waals surface area (Å²) in [6, 6.07) is 11.5. The van der Waals surface area contributed by atoms with Gasteiger partial charge in [-0.3, -0.25) is 4.79 Å². The number of rotatable bonds is 8. The Morgan fingerprint density at radius 3 is 2.11 bits per heavy atom. The number of aliphatic hydroxyl groups is 1. The molecule has 0 aromatic heterocycles. The summed E-state index contributed by atoms with van der Waals surface area (Å²) in [7, 11) is -6.02. The molecule has 0 heterocycles. The van der Waals surface area contributed by atoms with Gasteiger partial charge >= 0.3 is 0 Å². The summed E-state index contributed by atoms with van der Waals surface area (Å²) in [5, 5.41) is 16.5. The predicted molar refractivity (Wildman–Crippen MR) is 105 cm³/mol. The van der Waals surface area contributed by atoms with E-state index in [9.17, 15) is 21.6 Å². The van der Waals surface area contributed by atoms with Crippen LogP contribution in [0.25, 0.3) is 0 Å². The molecular weight excluding hydrogens is 406 g/mol. The molecule has 2 aromatic rings. The number of likely N-dealkylation sites (N-methyl/N-ethyl adjacent to an activating group) is 1. The van der Waals surface area contributed by atoms with Crippen molar-refractivity contribution in [1.82, 2.24) is 4.31 Å². The Hall–Kier alpha value is -2.31. The second-order valence-corrected chi connectivity index (χ2v) is 9.69. The highest BCUT2D eigenvalue weighted by Gasteiger charge is 2.20. The molecule has 2 rings (SSSR count). The molecule has 2 aromatic carbocycles. The Morgan fingerprint density at radius 2 is 1.61 bits per heavy atom. The number of primary sulfonamides is 1. The second-order valence-electron chi connectivity index (χ2n) is 6.03. The Bertz CT molecular complexity index is 1030. The lowest BCUT2D eigenvalue weighted by molar-refractivity contribution is 0.102. The number of nitrogens with one attached hydrogen (secondary N) is 1. The monoisotopic (exact) mass is 427 g/mol. The first kappa shape index (κ1) is 22.0. The fourth-order valence-corrected chi connectivity index (χ4v) is 4.16. The molecule has 1 amide bonds. The van der Waals surface area contributed by atoms with Gasteiger partial charge < -0.3 is 10.4 Å². The zero-order chi connectivity index (χ0) is 20.9. The van der Waals surface area contributed by atoms with Crippen molar-refractivity contribution < 1.29 is 26.7 Å². The molecule has 0 aliphatic rings. The Labute approximate surface area is 163 Å². The standard InChI is InChI=1S/C17H21N3O6S2/c1-20(10-11-21)28(25,26)16-8-4-14(5-9-16)17(22)19-15-6-2-13(3-7-15)12-27(18,23)24/h2-9,21H,10-12H2,1H3,(H,19,22)(H2,18,23,24). The third kappa shape index (κ3) is 5.84. The Kier molecular flexibility index (Phi) is 6.91. The number of amides is 1. The maximum absolute atomic E-state index is 12.3. The van der Waals surface area contributed by atoms with E-state index in [0.29, 0.717) is 11.3 Å². The van der Waals surface area contributed by atoms with Crippen LogP contribution < -0.4 is 10.5 Å². The third-order valence-electron chi connectivity index (χ3n) is 3.82. The molecule has 0 radical (unpaired) electrons. The molecule has 9 nitrogen and oxygen atoms in total. The van der Waals surface area contributed by atoms with Crippen LogP contribution in [0.4, 0.5) is 5.69 Å². The molecule has 0 fully saturated rings. The van der Waals surface area contributed by atoms with E-state index < -0.39 is 26.0 Å². The van der Waals surface area contributed by atoms with Crippen molar-refractivity contribution in [3.8, 4) is 0 Å². The number of benzene rings is 2. The average molecular weight is 428 g/mol. The molecule has 152 valence electrons. The zero-order valence-electron chi connectivity index (χ0n) is 15.1. The molecule has 0 unspecified atom stereocenters. The van der Waals surface area contributed by atoms with Crippen molar-refractivity contribution in [2.75, 3.05) is 25.5 Å². The van der Waals surface area contributed by atoms with E-state index in [4.69, 9.17) is 10.2 Å². The van der Waals surface area contributed by atoms with E-state index in [2.05, 4.69) is 5.32 Å². The summed E-state index contributed by atoms with van der Waals surface area (Å²) in [6.45, 7) is -0.335. The number of anilines is 1. The van der Waals surface area contributed by atoms with E-state index in [1.807, 2.05) is 0 Å². The van der Waals surface area contributed by atoms with Crippen LogP contribution in [0.5, 0.6) is 0 Å². The lowest BCUT2D eigenvalue weighted by atomic mass is 10.2. The molecule has 0 aliphatic carbocycles. The van der Waals surface area contributed by atoms with Crippen LogP contribution in [-0.4, -0.2) is 52.4 Å². The molecule has 0 spiro atoms. The van der Waals surface area contributed by atoms with Gasteiger partial charge in [-0.05, 0) is 42.0 Å². The van der Waals surface area contributed by atoms with E-state index >= 15 is 0 Å². The van der Waals surface area contributed by atoms with E-state index in [0.717, 1.165) is 4.31 Å². The molecule has 4 N–H and O–H groups in total. The number of hydrogen-bond donors (Lipinski definition) is 3. The second kappa shape index (κ2) is 8.80. The molecular formula is C17H21N3O6S2. The van der Waals surface area contributed by atoms with Gasteiger partial charge in [0.1, 0.15) is 0 Å². The number of sulfonamides is 2. The first-order valence-corrected chi connectivity index (χ1v) is 11.3. The van der Waals surface area contributed by atoms with Crippen LogP contribution in [0.3, 0.4) is 0 Å². The summed E-state index contributed by atoms with van der Waals surface area (Å²) in [5.41, 5.74) is 1.18. The van der Waals surface area contributed by atoms with Crippen molar-refractivity contribution in [2.45, 2.75) is 10.6 Å². The van der Waals surface area contributed by atoms with Crippen molar-refractivity contribution in [1.29, 1.82) is 0 Å². The molecule has 0 atom stereocenters. The lowest BCUT2D eigenvalue weighted by Gasteiger charge is -2.16. The fourth-order valence-electron chi connectivity index (χ4n) is 2.34. The molecule has 0 bridgehead atoms. The van der Waals surface area contributed by atoms with Gasteiger partial charge in [-0.1, -0.05) is 12.1 Å². The number of hydrogen-bond acceptors (Lipinski definition) is 6. The van der Waals surface area contributed by atoms with Crippen molar-refractivity contribution in [3.05, 3.63) is 59.7 Å². The Morgan fingerprint density at radius 1 is 1.04 bits per heavy atom. The largest absolute Gasteiger partial charge is 0.395 e. The van der Waals surface area contributed by atoms with Crippen LogP contribution in [0, 0.1) is 0 Å². The average Bonchev–Trinajstić information content (AvgIpc) is 2.62. The van der Waals surface area contributed by atoms with E-state index in [1.54, 1.807) is 12.1 Å². The SMILES string of the molecule is CN(CCO)S(=O)(=O)c1ccc(C(=O)Nc2ccc(CS(N)(=O)=O)cc2)cc1. The molecule has 11 heteroatoms. The van der Waals surface area contributed by atoms with Gasteiger partial charge in [0.25, 0.3) is 5.91 Å². The summed E-state index contributed by atoms with van der Waals surface area (Å²) in [4.78, 5) is 12.3. The minimum absolute atomic E-state index is 0.00680. The van der Waals surface area contributed by atoms with Gasteiger partial charge in [0.15, 0.2) is 0 Å². The van der Waals surface area contributed by atoms with Crippen LogP contribution >= 0.6 is 0 Å². The maximum atomic E-state index is 12.3. The van der Waals surface area contributed by atoms with Gasteiger partial charge in [-0.15, -0.1) is 0 Å². The lowest BCUT2D eigenvalue weighted by Crippen LogP contribution is -2.29. The quantitative estimate of drug-likeness (QED) is 0.553. The predicted octanol–water partition coefficient (Wildman–Crippen LogP) is 0.340. The number of carbonyl (C=O) groups is 1. The minimum atomic E-state index is -3.74. The highest BCUT2D eigenvalue weighted by Crippen LogP contribution is 2.17. The van der Waals surface area contributed by atoms with Crippen molar-refractivity contribution in [3.63, 3.8) is 0 Å². The highest BCUT2D eigenvalue weighted by molar-refractivity contribution is 7.89. The number of aliphatic hydroxyl groups excluding tert-OH is 1. The van der Waals surface area contributed by atoms with Gasteiger partial charge in [-0.2, -0.15) is 4.31 Å². The molecule has 28 heavy (non-hydrogen) atoms. The van der Waals surface area contributed by atoms with Crippen LogP contribution in [0.1, 0.15) is 15.9 Å². The third-order valence-corrected chi connectivity index (χ3v) is 6.43. The molecule has 0 aliphatic heterocycles. The summed E-state index contributed by atoms with van der Waals surface area (Å²) < 4.78 is 47.7. The van der Waals surface area contributed by atoms with Gasteiger partial charge in [0.05, 0.1) is 17.3 Å². The minimum Gasteiger partial charge on any atom is -0.395 e. The highest BCUT2D eigenvalue weighted by atomic mass is 32.2. The first-order chi connectivity index (χ1) is 13.0. The van der Waals surface area contributed by atoms with Gasteiger partial charge in [0.2, 0.25) is 20.0 Å². The summed E-state index contributed by atoms with van der Waals surface area (Å²) >= 11 is 0. The smallest absolute Gasteiger partial charge is 0.255 e. The van der Waals surface area contributed by atoms with E-state index in [1.165, 1.54) is 43.4 Å². The van der Waals surface area contributed by atoms with Crippen molar-refractivity contribution >= 4 is 31.6 Å². The summed E-state index contributed by atoms with van der Waals surface area (Å²) in [6.07, 6.45) is 0. The van der Waals surface area contributed by atoms with Crippen LogP contribution in [0.15, 0.2) is 53.4 Å². The van der Waals surface area contributed by atoms with Crippen LogP contribution in [-0.2, 0) is 25.8 Å². The summed E-state index contributed by atoms with van der Waals surface area (Å²) in [5.74, 6) is -0.756. The van der Waals surface area contributed by atoms with Gasteiger partial charge in [-0.25, -0.2) is 22.0 Å². The number of nitrogens with two attached hydrogens (primary N) is 1.